The van der Waals surface area contributed by atoms with Crippen molar-refractivity contribution < 1.29 is 9.63 Å². The zero-order chi connectivity index (χ0) is 10.5. The van der Waals surface area contributed by atoms with Crippen LogP contribution in [0.1, 0.15) is 37.4 Å². The van der Waals surface area contributed by atoms with Crippen LogP contribution in [0.3, 0.4) is 0 Å². The molecule has 2 fully saturated rings. The van der Waals surface area contributed by atoms with Gasteiger partial charge in [0.1, 0.15) is 0 Å². The molecule has 1 aromatic heterocycles. The van der Waals surface area contributed by atoms with Gasteiger partial charge in [-0.15, -0.1) is 0 Å². The monoisotopic (exact) mass is 209 g/mol. The van der Waals surface area contributed by atoms with Gasteiger partial charge in [-0.05, 0) is 25.3 Å². The number of β-amino-alcohol motifs (C(OH)–C–C–N with tert-alkyl or cyclic N) is 1. The molecule has 1 saturated carbocycles. The van der Waals surface area contributed by atoms with Gasteiger partial charge >= 0.3 is 0 Å². The van der Waals surface area contributed by atoms with E-state index in [9.17, 15) is 5.11 Å². The van der Waals surface area contributed by atoms with Crippen LogP contribution in [0.15, 0.2) is 4.52 Å². The molecule has 0 aromatic carbocycles. The highest BCUT2D eigenvalue weighted by atomic mass is 16.5. The highest BCUT2D eigenvalue weighted by molar-refractivity contribution is 5.11. The van der Waals surface area contributed by atoms with E-state index in [-0.39, 0.29) is 0 Å². The summed E-state index contributed by atoms with van der Waals surface area (Å²) in [5.74, 6) is 2.24. The van der Waals surface area contributed by atoms with Crippen molar-refractivity contribution in [2.45, 2.75) is 31.3 Å². The Hall–Kier alpha value is -0.940. The predicted octanol–water partition coefficient (Wildman–Crippen LogP) is 0.374. The Morgan fingerprint density at radius 3 is 3.00 bits per heavy atom. The van der Waals surface area contributed by atoms with Crippen LogP contribution in [-0.2, 0) is 5.60 Å². The van der Waals surface area contributed by atoms with Gasteiger partial charge in [0.25, 0.3) is 5.89 Å². The van der Waals surface area contributed by atoms with Gasteiger partial charge in [0.05, 0.1) is 0 Å². The van der Waals surface area contributed by atoms with Crippen LogP contribution in [0.25, 0.3) is 0 Å². The summed E-state index contributed by atoms with van der Waals surface area (Å²) in [5, 5.41) is 17.2. The number of hydrogen-bond donors (Lipinski definition) is 2. The van der Waals surface area contributed by atoms with Crippen LogP contribution in [0.5, 0.6) is 0 Å². The summed E-state index contributed by atoms with van der Waals surface area (Å²) in [6.07, 6.45) is 1.78. The molecule has 1 saturated heterocycles. The van der Waals surface area contributed by atoms with E-state index < -0.39 is 5.60 Å². The lowest BCUT2D eigenvalue weighted by Crippen LogP contribution is -2.28. The molecular formula is C10H15N3O2. The molecule has 0 radical (unpaired) electrons. The maximum atomic E-state index is 10.2. The maximum absolute atomic E-state index is 10.2. The molecular weight excluding hydrogens is 194 g/mol. The Morgan fingerprint density at radius 2 is 2.40 bits per heavy atom. The third-order valence-corrected chi connectivity index (χ3v) is 3.41. The number of hydrogen-bond acceptors (Lipinski definition) is 5. The molecule has 0 spiro atoms. The van der Waals surface area contributed by atoms with E-state index in [4.69, 9.17) is 4.52 Å². The zero-order valence-electron chi connectivity index (χ0n) is 8.73. The first kappa shape index (κ1) is 9.30. The van der Waals surface area contributed by atoms with Gasteiger partial charge in [-0.25, -0.2) is 0 Å². The van der Waals surface area contributed by atoms with Crippen molar-refractivity contribution in [2.75, 3.05) is 13.1 Å². The molecule has 0 bridgehead atoms. The molecule has 3 unspecified atom stereocenters. The van der Waals surface area contributed by atoms with Crippen LogP contribution in [0.4, 0.5) is 0 Å². The smallest absolute Gasteiger partial charge is 0.259 e. The van der Waals surface area contributed by atoms with Gasteiger partial charge < -0.3 is 14.9 Å². The van der Waals surface area contributed by atoms with Crippen molar-refractivity contribution in [3.05, 3.63) is 11.7 Å². The van der Waals surface area contributed by atoms with E-state index in [0.717, 1.165) is 18.8 Å². The minimum absolute atomic E-state index is 0.376. The largest absolute Gasteiger partial charge is 0.379 e. The first-order valence-electron chi connectivity index (χ1n) is 5.46. The fourth-order valence-electron chi connectivity index (χ4n) is 2.12. The van der Waals surface area contributed by atoms with Gasteiger partial charge in [-0.3, -0.25) is 0 Å². The van der Waals surface area contributed by atoms with Crippen LogP contribution in [0, 0.1) is 5.92 Å². The van der Waals surface area contributed by atoms with Crippen molar-refractivity contribution in [1.29, 1.82) is 0 Å². The summed E-state index contributed by atoms with van der Waals surface area (Å²) >= 11 is 0. The molecule has 15 heavy (non-hydrogen) atoms. The van der Waals surface area contributed by atoms with E-state index >= 15 is 0 Å². The van der Waals surface area contributed by atoms with Crippen molar-refractivity contribution in [2.24, 2.45) is 5.92 Å². The Morgan fingerprint density at radius 1 is 1.60 bits per heavy atom. The molecule has 1 aliphatic carbocycles. The molecule has 2 aliphatic rings. The van der Waals surface area contributed by atoms with Crippen molar-refractivity contribution in [3.8, 4) is 0 Å². The van der Waals surface area contributed by atoms with Gasteiger partial charge in [0.2, 0.25) is 0 Å². The van der Waals surface area contributed by atoms with Crippen molar-refractivity contribution in [1.82, 2.24) is 15.5 Å². The summed E-state index contributed by atoms with van der Waals surface area (Å²) < 4.78 is 5.15. The van der Waals surface area contributed by atoms with Crippen LogP contribution >= 0.6 is 0 Å². The summed E-state index contributed by atoms with van der Waals surface area (Å²) in [6, 6.07) is 0. The molecule has 0 amide bonds. The van der Waals surface area contributed by atoms with Gasteiger partial charge in [-0.1, -0.05) is 12.1 Å². The van der Waals surface area contributed by atoms with E-state index in [1.807, 2.05) is 0 Å². The third-order valence-electron chi connectivity index (χ3n) is 3.41. The molecule has 2 N–H and O–H groups in total. The van der Waals surface area contributed by atoms with E-state index in [0.29, 0.717) is 30.7 Å². The van der Waals surface area contributed by atoms with Crippen LogP contribution in [-0.4, -0.2) is 28.3 Å². The van der Waals surface area contributed by atoms with Gasteiger partial charge in [0, 0.05) is 12.5 Å². The lowest BCUT2D eigenvalue weighted by Gasteiger charge is -2.14. The second-order valence-electron chi connectivity index (χ2n) is 4.74. The second kappa shape index (κ2) is 3.02. The topological polar surface area (TPSA) is 71.2 Å². The number of rotatable bonds is 2. The van der Waals surface area contributed by atoms with E-state index in [2.05, 4.69) is 22.4 Å². The fraction of sp³-hybridized carbons (Fsp3) is 0.800. The predicted molar refractivity (Wildman–Crippen MR) is 52.2 cm³/mol. The Labute approximate surface area is 87.9 Å². The number of aliphatic hydroxyl groups is 1. The van der Waals surface area contributed by atoms with Crippen LogP contribution in [0.2, 0.25) is 0 Å². The minimum atomic E-state index is -0.941. The second-order valence-corrected chi connectivity index (χ2v) is 4.74. The standard InChI is InChI=1S/C10H15N3O2/c1-6-4-7(6)8-12-9(15-13-8)10(14)2-3-11-5-10/h6-7,11,14H,2-5H2,1H3. The maximum Gasteiger partial charge on any atom is 0.259 e. The Balaban J connectivity index is 1.83. The number of nitrogens with one attached hydrogen (secondary N) is 1. The fourth-order valence-corrected chi connectivity index (χ4v) is 2.12. The Kier molecular flexibility index (Phi) is 1.87. The highest BCUT2D eigenvalue weighted by Crippen LogP contribution is 2.45. The molecule has 2 heterocycles. The molecule has 5 nitrogen and oxygen atoms in total. The average Bonchev–Trinajstić information content (AvgIpc) is 2.73. The first-order valence-corrected chi connectivity index (χ1v) is 5.46. The lowest BCUT2D eigenvalue weighted by atomic mass is 10.0. The number of aromatic nitrogens is 2. The highest BCUT2D eigenvalue weighted by Gasteiger charge is 2.42. The van der Waals surface area contributed by atoms with Crippen molar-refractivity contribution >= 4 is 0 Å². The third kappa shape index (κ3) is 1.46. The molecule has 1 aromatic rings. The average molecular weight is 209 g/mol. The summed E-state index contributed by atoms with van der Waals surface area (Å²) in [5.41, 5.74) is -0.941. The summed E-state index contributed by atoms with van der Waals surface area (Å²) in [4.78, 5) is 4.31. The van der Waals surface area contributed by atoms with Crippen LogP contribution < -0.4 is 5.32 Å². The first-order chi connectivity index (χ1) is 7.19. The quantitative estimate of drug-likeness (QED) is 0.736. The number of nitrogens with zero attached hydrogens (tertiary/aromatic N) is 2. The minimum Gasteiger partial charge on any atom is -0.379 e. The summed E-state index contributed by atoms with van der Waals surface area (Å²) in [6.45, 7) is 3.48. The molecule has 82 valence electrons. The summed E-state index contributed by atoms with van der Waals surface area (Å²) in [7, 11) is 0. The lowest BCUT2D eigenvalue weighted by molar-refractivity contribution is 0.0243. The van der Waals surface area contributed by atoms with Gasteiger partial charge in [0.15, 0.2) is 11.4 Å². The zero-order valence-corrected chi connectivity index (χ0v) is 8.73. The van der Waals surface area contributed by atoms with Crippen molar-refractivity contribution in [3.63, 3.8) is 0 Å². The van der Waals surface area contributed by atoms with E-state index in [1.165, 1.54) is 0 Å². The molecule has 3 atom stereocenters. The SMILES string of the molecule is CC1CC1c1noc(C2(O)CCNC2)n1. The molecule has 5 heteroatoms. The van der Waals surface area contributed by atoms with E-state index in [1.54, 1.807) is 0 Å². The Bertz CT molecular complexity index is 370. The van der Waals surface area contributed by atoms with Gasteiger partial charge in [-0.2, -0.15) is 4.98 Å². The molecule has 1 aliphatic heterocycles. The normalized spacial score (nSPS) is 39.6. The molecule has 3 rings (SSSR count).